The van der Waals surface area contributed by atoms with Gasteiger partial charge in [0.2, 0.25) is 0 Å². The molecule has 3 aromatic heterocycles. The summed E-state index contributed by atoms with van der Waals surface area (Å²) >= 11 is 1.50. The predicted molar refractivity (Wildman–Crippen MR) is 139 cm³/mol. The smallest absolute Gasteiger partial charge is 0.270 e. The highest BCUT2D eigenvalue weighted by molar-refractivity contribution is 7.15. The topological polar surface area (TPSA) is 80.4 Å². The van der Waals surface area contributed by atoms with Gasteiger partial charge in [0.05, 0.1) is 5.69 Å². The number of benzene rings is 2. The van der Waals surface area contributed by atoms with Gasteiger partial charge in [-0.1, -0.05) is 30.3 Å². The second kappa shape index (κ2) is 9.76. The highest BCUT2D eigenvalue weighted by Gasteiger charge is 2.19. The van der Waals surface area contributed by atoms with Crippen molar-refractivity contribution in [2.45, 2.75) is 25.8 Å². The molecule has 0 saturated carbocycles. The van der Waals surface area contributed by atoms with E-state index in [4.69, 9.17) is 0 Å². The third-order valence-corrected chi connectivity index (χ3v) is 6.99. The van der Waals surface area contributed by atoms with Crippen LogP contribution in [0, 0.1) is 6.92 Å². The lowest BCUT2D eigenvalue weighted by Crippen LogP contribution is -2.39. The summed E-state index contributed by atoms with van der Waals surface area (Å²) in [6.07, 6.45) is 5.12. The van der Waals surface area contributed by atoms with Crippen LogP contribution < -0.4 is 10.6 Å². The fourth-order valence-corrected chi connectivity index (χ4v) is 5.19. The Hall–Kier alpha value is -3.91. The Kier molecular flexibility index (Phi) is 6.37. The molecule has 8 heteroatoms. The normalized spacial score (nSPS) is 12.2. The van der Waals surface area contributed by atoms with Crippen LogP contribution in [0.4, 0.5) is 0 Å². The van der Waals surface area contributed by atoms with Gasteiger partial charge in [-0.2, -0.15) is 0 Å². The SMILES string of the molecule is Cc1nc2sccn2c1C(=O)NCCC(Cc1ccccc1)NC(=O)c1ccc2c(ccn2C)c1. The van der Waals surface area contributed by atoms with Crippen LogP contribution in [0.2, 0.25) is 0 Å². The quantitative estimate of drug-likeness (QED) is 0.343. The number of aryl methyl sites for hydroxylation is 2. The van der Waals surface area contributed by atoms with Gasteiger partial charge in [-0.05, 0) is 49.6 Å². The Morgan fingerprint density at radius 1 is 1.06 bits per heavy atom. The van der Waals surface area contributed by atoms with Gasteiger partial charge >= 0.3 is 0 Å². The van der Waals surface area contributed by atoms with Crippen LogP contribution in [0.1, 0.15) is 38.5 Å². The van der Waals surface area contributed by atoms with Crippen LogP contribution in [0.5, 0.6) is 0 Å². The highest BCUT2D eigenvalue weighted by Crippen LogP contribution is 2.18. The molecule has 0 spiro atoms. The molecule has 3 heterocycles. The van der Waals surface area contributed by atoms with Gasteiger partial charge in [0.25, 0.3) is 11.8 Å². The fraction of sp³-hybridized carbons (Fsp3) is 0.222. The second-order valence-electron chi connectivity index (χ2n) is 8.71. The lowest BCUT2D eigenvalue weighted by molar-refractivity contribution is 0.0932. The van der Waals surface area contributed by atoms with Crippen molar-refractivity contribution < 1.29 is 9.59 Å². The van der Waals surface area contributed by atoms with Crippen molar-refractivity contribution in [3.63, 3.8) is 0 Å². The molecule has 2 amide bonds. The number of carbonyl (C=O) groups excluding carboxylic acids is 2. The first-order valence-corrected chi connectivity index (χ1v) is 12.5. The molecular formula is C27H27N5O2S. The first kappa shape index (κ1) is 22.9. The van der Waals surface area contributed by atoms with Crippen molar-refractivity contribution in [1.82, 2.24) is 24.6 Å². The summed E-state index contributed by atoms with van der Waals surface area (Å²) in [5, 5.41) is 9.14. The van der Waals surface area contributed by atoms with E-state index in [1.165, 1.54) is 11.3 Å². The van der Waals surface area contributed by atoms with E-state index in [2.05, 4.69) is 27.8 Å². The largest absolute Gasteiger partial charge is 0.351 e. The van der Waals surface area contributed by atoms with Gasteiger partial charge in [-0.15, -0.1) is 11.3 Å². The Labute approximate surface area is 207 Å². The summed E-state index contributed by atoms with van der Waals surface area (Å²) in [6, 6.07) is 17.7. The molecule has 7 nitrogen and oxygen atoms in total. The number of hydrogen-bond acceptors (Lipinski definition) is 4. The van der Waals surface area contributed by atoms with E-state index in [1.54, 1.807) is 0 Å². The van der Waals surface area contributed by atoms with Crippen molar-refractivity contribution in [3.8, 4) is 0 Å². The number of amides is 2. The maximum atomic E-state index is 13.1. The van der Waals surface area contributed by atoms with Crippen molar-refractivity contribution in [2.75, 3.05) is 6.54 Å². The number of hydrogen-bond donors (Lipinski definition) is 2. The number of aromatic nitrogens is 3. The first-order chi connectivity index (χ1) is 17.0. The first-order valence-electron chi connectivity index (χ1n) is 11.6. The zero-order valence-electron chi connectivity index (χ0n) is 19.7. The lowest BCUT2D eigenvalue weighted by atomic mass is 10.0. The molecule has 0 radical (unpaired) electrons. The molecule has 0 aliphatic carbocycles. The maximum absolute atomic E-state index is 13.1. The predicted octanol–water partition coefficient (Wildman–Crippen LogP) is 4.36. The number of nitrogens with one attached hydrogen (secondary N) is 2. The van der Waals surface area contributed by atoms with Gasteiger partial charge in [0.15, 0.2) is 4.96 Å². The Morgan fingerprint density at radius 3 is 2.71 bits per heavy atom. The number of carbonyl (C=O) groups is 2. The highest BCUT2D eigenvalue weighted by atomic mass is 32.1. The molecule has 0 aliphatic heterocycles. The summed E-state index contributed by atoms with van der Waals surface area (Å²) in [5.41, 5.74) is 4.11. The average Bonchev–Trinajstić information content (AvgIpc) is 3.53. The van der Waals surface area contributed by atoms with Crippen molar-refractivity contribution in [2.24, 2.45) is 7.05 Å². The zero-order chi connectivity index (χ0) is 24.4. The second-order valence-corrected chi connectivity index (χ2v) is 9.58. The number of rotatable bonds is 8. The zero-order valence-corrected chi connectivity index (χ0v) is 20.5. The molecular weight excluding hydrogens is 458 g/mol. The summed E-state index contributed by atoms with van der Waals surface area (Å²) in [7, 11) is 1.99. The monoisotopic (exact) mass is 485 g/mol. The number of nitrogens with zero attached hydrogens (tertiary/aromatic N) is 3. The van der Waals surface area contributed by atoms with Crippen molar-refractivity contribution >= 4 is 39.0 Å². The summed E-state index contributed by atoms with van der Waals surface area (Å²) in [5.74, 6) is -0.276. The Bertz CT molecular complexity index is 1500. The van der Waals surface area contributed by atoms with E-state index in [-0.39, 0.29) is 17.9 Å². The van der Waals surface area contributed by atoms with Gasteiger partial charge in [0, 0.05) is 53.9 Å². The molecule has 2 N–H and O–H groups in total. The minimum atomic E-state index is -0.160. The van der Waals surface area contributed by atoms with Gasteiger partial charge in [0.1, 0.15) is 5.69 Å². The van der Waals surface area contributed by atoms with Gasteiger partial charge in [-0.25, -0.2) is 4.98 Å². The summed E-state index contributed by atoms with van der Waals surface area (Å²) in [4.78, 5) is 31.3. The van der Waals surface area contributed by atoms with Crippen molar-refractivity contribution in [1.29, 1.82) is 0 Å². The van der Waals surface area contributed by atoms with Crippen LogP contribution >= 0.6 is 11.3 Å². The van der Waals surface area contributed by atoms with E-state index >= 15 is 0 Å². The standard InChI is InChI=1S/C27H27N5O2S/c1-18-24(32-14-15-35-27(32)29-18)26(34)28-12-10-22(16-19-6-4-3-5-7-19)30-25(33)21-8-9-23-20(17-21)11-13-31(23)2/h3-9,11,13-15,17,22H,10,12,16H2,1-2H3,(H,28,34)(H,30,33). The molecule has 5 aromatic rings. The molecule has 5 rings (SSSR count). The average molecular weight is 486 g/mol. The number of imidazole rings is 1. The fourth-order valence-electron chi connectivity index (χ4n) is 4.43. The Morgan fingerprint density at radius 2 is 1.89 bits per heavy atom. The lowest BCUT2D eigenvalue weighted by Gasteiger charge is -2.19. The Balaban J connectivity index is 1.28. The minimum absolute atomic E-state index is 0.116. The van der Waals surface area contributed by atoms with E-state index in [0.29, 0.717) is 36.3 Å². The molecule has 0 fully saturated rings. The molecule has 1 atom stereocenters. The number of thiazole rings is 1. The molecule has 1 unspecified atom stereocenters. The summed E-state index contributed by atoms with van der Waals surface area (Å²) < 4.78 is 3.85. The van der Waals surface area contributed by atoms with E-state index in [0.717, 1.165) is 21.4 Å². The van der Waals surface area contributed by atoms with E-state index in [1.807, 2.05) is 83.2 Å². The maximum Gasteiger partial charge on any atom is 0.270 e. The molecule has 0 saturated heterocycles. The molecule has 178 valence electrons. The van der Waals surface area contributed by atoms with Crippen LogP contribution in [-0.4, -0.2) is 38.4 Å². The van der Waals surface area contributed by atoms with Crippen LogP contribution in [-0.2, 0) is 13.5 Å². The third-order valence-electron chi connectivity index (χ3n) is 6.24. The van der Waals surface area contributed by atoms with Gasteiger partial charge < -0.3 is 15.2 Å². The van der Waals surface area contributed by atoms with E-state index < -0.39 is 0 Å². The van der Waals surface area contributed by atoms with E-state index in [9.17, 15) is 9.59 Å². The van der Waals surface area contributed by atoms with Gasteiger partial charge in [-0.3, -0.25) is 14.0 Å². The summed E-state index contributed by atoms with van der Waals surface area (Å²) in [6.45, 7) is 2.28. The van der Waals surface area contributed by atoms with Crippen LogP contribution in [0.25, 0.3) is 15.9 Å². The molecule has 0 aliphatic rings. The van der Waals surface area contributed by atoms with Crippen molar-refractivity contribution in [3.05, 3.63) is 94.9 Å². The molecule has 35 heavy (non-hydrogen) atoms. The van der Waals surface area contributed by atoms with Crippen LogP contribution in [0.3, 0.4) is 0 Å². The number of fused-ring (bicyclic) bond motifs is 2. The third kappa shape index (κ3) is 4.83. The van der Waals surface area contributed by atoms with Crippen LogP contribution in [0.15, 0.2) is 72.4 Å². The minimum Gasteiger partial charge on any atom is -0.351 e. The molecule has 0 bridgehead atoms. The molecule has 2 aromatic carbocycles.